The molecule has 0 bridgehead atoms. The Bertz CT molecular complexity index is 410. The van der Waals surface area contributed by atoms with Crippen LogP contribution in [0.2, 0.25) is 0 Å². The molecule has 2 unspecified atom stereocenters. The number of fused-ring (bicyclic) bond motifs is 1. The Morgan fingerprint density at radius 1 is 1.35 bits per heavy atom. The number of rotatable bonds is 1. The number of nitrogens with zero attached hydrogens (tertiary/aromatic N) is 2. The summed E-state index contributed by atoms with van der Waals surface area (Å²) >= 11 is 7.04. The second kappa shape index (κ2) is 4.86. The molecule has 3 heterocycles. The molecule has 0 spiro atoms. The molecule has 1 N–H and O–H groups in total. The molecule has 17 heavy (non-hydrogen) atoms. The van der Waals surface area contributed by atoms with E-state index in [-0.39, 0.29) is 0 Å². The minimum absolute atomic E-state index is 0.654. The number of halogens is 2. The predicted octanol–water partition coefficient (Wildman–Crippen LogP) is 2.79. The van der Waals surface area contributed by atoms with E-state index in [0.29, 0.717) is 6.04 Å². The van der Waals surface area contributed by atoms with Crippen molar-refractivity contribution in [3.05, 3.63) is 21.2 Å². The first kappa shape index (κ1) is 11.9. The van der Waals surface area contributed by atoms with E-state index in [0.717, 1.165) is 33.8 Å². The fourth-order valence-electron chi connectivity index (χ4n) is 2.86. The summed E-state index contributed by atoms with van der Waals surface area (Å²) in [4.78, 5) is 6.92. The molecule has 0 aromatic carbocycles. The Morgan fingerprint density at radius 3 is 3.00 bits per heavy atom. The number of hydrogen-bond donors (Lipinski definition) is 1. The third-order valence-electron chi connectivity index (χ3n) is 3.69. The zero-order valence-electron chi connectivity index (χ0n) is 9.50. The van der Waals surface area contributed by atoms with Gasteiger partial charge in [0.2, 0.25) is 0 Å². The monoisotopic (exact) mass is 359 g/mol. The van der Waals surface area contributed by atoms with Crippen LogP contribution in [-0.2, 0) is 0 Å². The molecule has 1 aromatic heterocycles. The lowest BCUT2D eigenvalue weighted by Gasteiger charge is -2.24. The van der Waals surface area contributed by atoms with Crippen LogP contribution < -0.4 is 10.2 Å². The molecule has 5 heteroatoms. The van der Waals surface area contributed by atoms with Crippen LogP contribution in [0.25, 0.3) is 0 Å². The van der Waals surface area contributed by atoms with E-state index in [9.17, 15) is 0 Å². The molecule has 2 saturated heterocycles. The maximum Gasteiger partial charge on any atom is 0.143 e. The highest BCUT2D eigenvalue weighted by Gasteiger charge is 2.35. The van der Waals surface area contributed by atoms with Gasteiger partial charge >= 0.3 is 0 Å². The standard InChI is InChI=1S/C12H15Br2N3/c13-9-4-10(14)12(16-5-9)17-6-8-2-1-3-15-11(8)7-17/h4-5,8,11,15H,1-3,6-7H2. The van der Waals surface area contributed by atoms with Crippen molar-refractivity contribution in [1.29, 1.82) is 0 Å². The zero-order chi connectivity index (χ0) is 11.8. The number of hydrogen-bond acceptors (Lipinski definition) is 3. The lowest BCUT2D eigenvalue weighted by molar-refractivity contribution is 0.340. The van der Waals surface area contributed by atoms with Gasteiger partial charge in [-0.3, -0.25) is 0 Å². The molecule has 2 aliphatic heterocycles. The van der Waals surface area contributed by atoms with Crippen LogP contribution in [0.5, 0.6) is 0 Å². The van der Waals surface area contributed by atoms with E-state index in [1.54, 1.807) is 0 Å². The van der Waals surface area contributed by atoms with Crippen LogP contribution >= 0.6 is 31.9 Å². The van der Waals surface area contributed by atoms with Gasteiger partial charge in [0.05, 0.1) is 4.47 Å². The van der Waals surface area contributed by atoms with Crippen molar-refractivity contribution < 1.29 is 0 Å². The van der Waals surface area contributed by atoms with Crippen molar-refractivity contribution in [3.8, 4) is 0 Å². The summed E-state index contributed by atoms with van der Waals surface area (Å²) in [5.74, 6) is 1.87. The lowest BCUT2D eigenvalue weighted by Crippen LogP contribution is -2.40. The topological polar surface area (TPSA) is 28.2 Å². The minimum atomic E-state index is 0.654. The molecule has 0 saturated carbocycles. The van der Waals surface area contributed by atoms with Crippen LogP contribution in [0, 0.1) is 5.92 Å². The van der Waals surface area contributed by atoms with Crippen molar-refractivity contribution in [3.63, 3.8) is 0 Å². The van der Waals surface area contributed by atoms with Crippen molar-refractivity contribution in [1.82, 2.24) is 10.3 Å². The SMILES string of the molecule is Brc1cnc(N2CC3CCCNC3C2)c(Br)c1. The Kier molecular flexibility index (Phi) is 3.41. The molecule has 2 aliphatic rings. The predicted molar refractivity (Wildman–Crippen MR) is 76.4 cm³/mol. The van der Waals surface area contributed by atoms with Crippen LogP contribution in [-0.4, -0.2) is 30.7 Å². The van der Waals surface area contributed by atoms with Gasteiger partial charge in [-0.05, 0) is 63.2 Å². The molecular formula is C12H15Br2N3. The highest BCUT2D eigenvalue weighted by molar-refractivity contribution is 9.11. The van der Waals surface area contributed by atoms with Gasteiger partial charge in [-0.1, -0.05) is 0 Å². The molecule has 2 atom stereocenters. The van der Waals surface area contributed by atoms with E-state index in [1.807, 2.05) is 6.20 Å². The highest BCUT2D eigenvalue weighted by Crippen LogP contribution is 2.33. The van der Waals surface area contributed by atoms with Crippen molar-refractivity contribution in [2.75, 3.05) is 24.5 Å². The molecule has 0 amide bonds. The molecule has 3 nitrogen and oxygen atoms in total. The zero-order valence-corrected chi connectivity index (χ0v) is 12.7. The maximum atomic E-state index is 4.52. The second-order valence-electron chi connectivity index (χ2n) is 4.83. The Hall–Kier alpha value is -0.130. The summed E-state index contributed by atoms with van der Waals surface area (Å²) in [5, 5.41) is 3.62. The number of nitrogens with one attached hydrogen (secondary N) is 1. The first-order valence-electron chi connectivity index (χ1n) is 6.03. The average molecular weight is 361 g/mol. The number of aromatic nitrogens is 1. The van der Waals surface area contributed by atoms with Gasteiger partial charge in [0.1, 0.15) is 5.82 Å². The molecular weight excluding hydrogens is 346 g/mol. The summed E-state index contributed by atoms with van der Waals surface area (Å²) in [6, 6.07) is 2.72. The van der Waals surface area contributed by atoms with Crippen LogP contribution in [0.15, 0.2) is 21.2 Å². The normalized spacial score (nSPS) is 28.2. The first-order valence-corrected chi connectivity index (χ1v) is 7.62. The molecule has 1 aromatic rings. The number of piperidine rings is 1. The van der Waals surface area contributed by atoms with Gasteiger partial charge in [0.25, 0.3) is 0 Å². The van der Waals surface area contributed by atoms with Gasteiger partial charge in [-0.25, -0.2) is 4.98 Å². The average Bonchev–Trinajstić information content (AvgIpc) is 2.72. The van der Waals surface area contributed by atoms with Crippen molar-refractivity contribution in [2.45, 2.75) is 18.9 Å². The summed E-state index contributed by atoms with van der Waals surface area (Å²) in [7, 11) is 0. The third-order valence-corrected chi connectivity index (χ3v) is 4.70. The number of anilines is 1. The number of pyridine rings is 1. The summed E-state index contributed by atoms with van der Waals surface area (Å²) in [6.07, 6.45) is 4.53. The molecule has 0 radical (unpaired) electrons. The van der Waals surface area contributed by atoms with Gasteiger partial charge in [-0.15, -0.1) is 0 Å². The minimum Gasteiger partial charge on any atom is -0.354 e. The first-order chi connectivity index (χ1) is 8.24. The van der Waals surface area contributed by atoms with E-state index < -0.39 is 0 Å². The van der Waals surface area contributed by atoms with Crippen molar-refractivity contribution >= 4 is 37.7 Å². The Labute approximate surface area is 118 Å². The summed E-state index contributed by atoms with van der Waals surface area (Å²) in [5.41, 5.74) is 0. The molecule has 3 rings (SSSR count). The Balaban J connectivity index is 1.81. The van der Waals surface area contributed by atoms with Crippen LogP contribution in [0.3, 0.4) is 0 Å². The van der Waals surface area contributed by atoms with Gasteiger partial charge in [0.15, 0.2) is 0 Å². The fraction of sp³-hybridized carbons (Fsp3) is 0.583. The van der Waals surface area contributed by atoms with Crippen LogP contribution in [0.1, 0.15) is 12.8 Å². The smallest absolute Gasteiger partial charge is 0.143 e. The van der Waals surface area contributed by atoms with Crippen molar-refractivity contribution in [2.24, 2.45) is 5.92 Å². The molecule has 0 aliphatic carbocycles. The maximum absolute atomic E-state index is 4.52. The quantitative estimate of drug-likeness (QED) is 0.834. The fourth-order valence-corrected chi connectivity index (χ4v) is 4.10. The summed E-state index contributed by atoms with van der Waals surface area (Å²) in [6.45, 7) is 3.38. The highest BCUT2D eigenvalue weighted by atomic mass is 79.9. The van der Waals surface area contributed by atoms with Gasteiger partial charge in [0, 0.05) is 29.8 Å². The molecule has 2 fully saturated rings. The Morgan fingerprint density at radius 2 is 2.24 bits per heavy atom. The molecule has 92 valence electrons. The van der Waals surface area contributed by atoms with Gasteiger partial charge in [-0.2, -0.15) is 0 Å². The van der Waals surface area contributed by atoms with E-state index >= 15 is 0 Å². The van der Waals surface area contributed by atoms with Crippen LogP contribution in [0.4, 0.5) is 5.82 Å². The lowest BCUT2D eigenvalue weighted by atomic mass is 9.94. The van der Waals surface area contributed by atoms with E-state index in [2.05, 4.69) is 53.1 Å². The van der Waals surface area contributed by atoms with Gasteiger partial charge < -0.3 is 10.2 Å². The summed E-state index contributed by atoms with van der Waals surface area (Å²) < 4.78 is 2.09. The third kappa shape index (κ3) is 2.37. The van der Waals surface area contributed by atoms with E-state index in [4.69, 9.17) is 0 Å². The largest absolute Gasteiger partial charge is 0.354 e. The van der Waals surface area contributed by atoms with E-state index in [1.165, 1.54) is 19.4 Å². The second-order valence-corrected chi connectivity index (χ2v) is 6.60.